The maximum atomic E-state index is 9.85. The monoisotopic (exact) mass is 169 g/mol. The van der Waals surface area contributed by atoms with E-state index in [1.165, 1.54) is 0 Å². The van der Waals surface area contributed by atoms with Crippen LogP contribution in [0.4, 0.5) is 0 Å². The minimum absolute atomic E-state index is 0.131. The van der Waals surface area contributed by atoms with Crippen molar-refractivity contribution in [1.29, 1.82) is 0 Å². The van der Waals surface area contributed by atoms with Gasteiger partial charge in [0.15, 0.2) is 0 Å². The maximum absolute atomic E-state index is 9.85. The number of nitrogens with zero attached hydrogens (tertiary/aromatic N) is 1. The van der Waals surface area contributed by atoms with Crippen LogP contribution < -0.4 is 0 Å². The summed E-state index contributed by atoms with van der Waals surface area (Å²) < 4.78 is 0. The van der Waals surface area contributed by atoms with Crippen LogP contribution in [0.25, 0.3) is 0 Å². The third-order valence-corrected chi connectivity index (χ3v) is 1.79. The van der Waals surface area contributed by atoms with Gasteiger partial charge in [-0.25, -0.2) is 0 Å². The average Bonchev–Trinajstić information content (AvgIpc) is 2.07. The van der Waals surface area contributed by atoms with Gasteiger partial charge in [-0.05, 0) is 5.56 Å². The molecule has 0 saturated heterocycles. The summed E-state index contributed by atoms with van der Waals surface area (Å²) in [6.07, 6.45) is 0. The van der Waals surface area contributed by atoms with Crippen LogP contribution in [0.15, 0.2) is 35.5 Å². The van der Waals surface area contributed by atoms with Crippen LogP contribution in [-0.4, -0.2) is 6.54 Å². The topological polar surface area (TPSA) is 29.4 Å². The molecular formula is C8H8ClNO. The fourth-order valence-corrected chi connectivity index (χ4v) is 1.03. The van der Waals surface area contributed by atoms with Crippen molar-refractivity contribution in [2.75, 3.05) is 6.54 Å². The first kappa shape index (κ1) is 8.21. The number of benzene rings is 1. The predicted octanol–water partition coefficient (Wildman–Crippen LogP) is 2.73. The molecule has 2 nitrogen and oxygen atoms in total. The maximum Gasteiger partial charge on any atom is 0.102 e. The van der Waals surface area contributed by atoms with E-state index in [-0.39, 0.29) is 11.9 Å². The summed E-state index contributed by atoms with van der Waals surface area (Å²) in [5.41, 5.74) is 0.939. The lowest BCUT2D eigenvalue weighted by atomic mass is 10.1. The molecule has 1 aromatic rings. The van der Waals surface area contributed by atoms with Crippen LogP contribution in [-0.2, 0) is 0 Å². The Morgan fingerprint density at radius 2 is 2.00 bits per heavy atom. The Bertz CT molecular complexity index is 225. The molecule has 1 rings (SSSR count). The molecule has 0 fully saturated rings. The number of halogens is 1. The van der Waals surface area contributed by atoms with Gasteiger partial charge in [0, 0.05) is 0 Å². The molecule has 0 aliphatic heterocycles. The average molecular weight is 170 g/mol. The zero-order valence-corrected chi connectivity index (χ0v) is 6.66. The largest absolute Gasteiger partial charge is 0.151 e. The van der Waals surface area contributed by atoms with Crippen molar-refractivity contribution in [3.05, 3.63) is 40.8 Å². The third-order valence-electron chi connectivity index (χ3n) is 1.40. The Morgan fingerprint density at radius 1 is 1.36 bits per heavy atom. The van der Waals surface area contributed by atoms with Crippen molar-refractivity contribution in [1.82, 2.24) is 0 Å². The van der Waals surface area contributed by atoms with Crippen LogP contribution in [0, 0.1) is 4.91 Å². The van der Waals surface area contributed by atoms with Gasteiger partial charge in [0.25, 0.3) is 0 Å². The molecule has 1 aromatic carbocycles. The van der Waals surface area contributed by atoms with Gasteiger partial charge in [-0.3, -0.25) is 0 Å². The van der Waals surface area contributed by atoms with E-state index < -0.39 is 0 Å². The zero-order chi connectivity index (χ0) is 8.10. The van der Waals surface area contributed by atoms with Crippen LogP contribution in [0.5, 0.6) is 0 Å². The SMILES string of the molecule is O=NCC(Cl)c1ccccc1. The molecule has 0 bridgehead atoms. The lowest BCUT2D eigenvalue weighted by molar-refractivity contribution is 0.924. The van der Waals surface area contributed by atoms with E-state index in [1.54, 1.807) is 0 Å². The molecular weight excluding hydrogens is 162 g/mol. The lowest BCUT2D eigenvalue weighted by Gasteiger charge is -2.02. The Labute approximate surface area is 70.2 Å². The molecule has 1 unspecified atom stereocenters. The first-order valence-electron chi connectivity index (χ1n) is 3.32. The van der Waals surface area contributed by atoms with Gasteiger partial charge >= 0.3 is 0 Å². The van der Waals surface area contributed by atoms with E-state index in [0.717, 1.165) is 5.56 Å². The summed E-state index contributed by atoms with van der Waals surface area (Å²) in [6.45, 7) is 0.131. The number of alkyl halides is 1. The second-order valence-corrected chi connectivity index (χ2v) is 2.72. The molecule has 0 aliphatic carbocycles. The Kier molecular flexibility index (Phi) is 3.05. The smallest absolute Gasteiger partial charge is 0.102 e. The molecule has 0 aromatic heterocycles. The first-order valence-corrected chi connectivity index (χ1v) is 3.76. The van der Waals surface area contributed by atoms with E-state index in [0.29, 0.717) is 0 Å². The van der Waals surface area contributed by atoms with Crippen molar-refractivity contribution in [2.45, 2.75) is 5.38 Å². The van der Waals surface area contributed by atoms with E-state index in [2.05, 4.69) is 5.18 Å². The van der Waals surface area contributed by atoms with Crippen LogP contribution in [0.2, 0.25) is 0 Å². The summed E-state index contributed by atoms with van der Waals surface area (Å²) in [5.74, 6) is 0. The Balaban J connectivity index is 2.68. The van der Waals surface area contributed by atoms with Gasteiger partial charge in [-0.2, -0.15) is 4.91 Å². The van der Waals surface area contributed by atoms with E-state index in [1.807, 2.05) is 30.3 Å². The molecule has 0 radical (unpaired) electrons. The van der Waals surface area contributed by atoms with Crippen LogP contribution in [0.1, 0.15) is 10.9 Å². The van der Waals surface area contributed by atoms with E-state index >= 15 is 0 Å². The molecule has 58 valence electrons. The second-order valence-electron chi connectivity index (χ2n) is 2.19. The fourth-order valence-electron chi connectivity index (χ4n) is 0.833. The van der Waals surface area contributed by atoms with Crippen LogP contribution >= 0.6 is 11.6 Å². The highest BCUT2D eigenvalue weighted by Gasteiger charge is 2.05. The lowest BCUT2D eigenvalue weighted by Crippen LogP contribution is -1.92. The molecule has 0 aliphatic rings. The molecule has 0 amide bonds. The van der Waals surface area contributed by atoms with Crippen molar-refractivity contribution < 1.29 is 0 Å². The Hall–Kier alpha value is -0.890. The number of nitroso groups, excluding NO2 is 1. The third kappa shape index (κ3) is 2.31. The molecule has 0 saturated carbocycles. The van der Waals surface area contributed by atoms with Gasteiger partial charge in [0.1, 0.15) is 6.54 Å². The zero-order valence-electron chi connectivity index (χ0n) is 5.90. The summed E-state index contributed by atoms with van der Waals surface area (Å²) in [4.78, 5) is 9.85. The van der Waals surface area contributed by atoms with E-state index in [9.17, 15) is 4.91 Å². The minimum atomic E-state index is -0.284. The highest BCUT2D eigenvalue weighted by atomic mass is 35.5. The standard InChI is InChI=1S/C8H8ClNO/c9-8(6-10-11)7-4-2-1-3-5-7/h1-5,8H,6H2. The van der Waals surface area contributed by atoms with Gasteiger partial charge < -0.3 is 0 Å². The minimum Gasteiger partial charge on any atom is -0.151 e. The van der Waals surface area contributed by atoms with Crippen molar-refractivity contribution in [3.8, 4) is 0 Å². The van der Waals surface area contributed by atoms with Gasteiger partial charge in [0.2, 0.25) is 0 Å². The first-order chi connectivity index (χ1) is 5.34. The highest BCUT2D eigenvalue weighted by Crippen LogP contribution is 2.19. The summed E-state index contributed by atoms with van der Waals surface area (Å²) in [6, 6.07) is 9.43. The Morgan fingerprint density at radius 3 is 2.55 bits per heavy atom. The van der Waals surface area contributed by atoms with Crippen molar-refractivity contribution in [2.24, 2.45) is 5.18 Å². The fraction of sp³-hybridized carbons (Fsp3) is 0.250. The molecule has 3 heteroatoms. The van der Waals surface area contributed by atoms with E-state index in [4.69, 9.17) is 11.6 Å². The van der Waals surface area contributed by atoms with Crippen molar-refractivity contribution >= 4 is 11.6 Å². The van der Waals surface area contributed by atoms with Gasteiger partial charge in [0.05, 0.1) is 5.38 Å². The molecule has 1 atom stereocenters. The number of hydrogen-bond donors (Lipinski definition) is 0. The summed E-state index contributed by atoms with van der Waals surface area (Å²) >= 11 is 5.81. The normalized spacial score (nSPS) is 12.5. The predicted molar refractivity (Wildman–Crippen MR) is 45.7 cm³/mol. The molecule has 11 heavy (non-hydrogen) atoms. The summed E-state index contributed by atoms with van der Waals surface area (Å²) in [7, 11) is 0. The van der Waals surface area contributed by atoms with Crippen molar-refractivity contribution in [3.63, 3.8) is 0 Å². The quantitative estimate of drug-likeness (QED) is 0.505. The van der Waals surface area contributed by atoms with Gasteiger partial charge in [-0.1, -0.05) is 35.5 Å². The second kappa shape index (κ2) is 4.09. The molecule has 0 heterocycles. The van der Waals surface area contributed by atoms with Crippen LogP contribution in [0.3, 0.4) is 0 Å². The molecule has 0 N–H and O–H groups in total. The highest BCUT2D eigenvalue weighted by molar-refractivity contribution is 6.21. The molecule has 0 spiro atoms. The number of hydrogen-bond acceptors (Lipinski definition) is 2. The van der Waals surface area contributed by atoms with Gasteiger partial charge in [-0.15, -0.1) is 11.6 Å². The number of rotatable bonds is 3. The summed E-state index contributed by atoms with van der Waals surface area (Å²) in [5, 5.41) is 2.45.